The van der Waals surface area contributed by atoms with E-state index in [1.807, 2.05) is 17.0 Å². The lowest BCUT2D eigenvalue weighted by Crippen LogP contribution is -2.44. The van der Waals surface area contributed by atoms with E-state index < -0.39 is 11.6 Å². The molecule has 4 aliphatic heterocycles. The maximum Gasteiger partial charge on any atom is 0.151 e. The number of halogens is 2. The summed E-state index contributed by atoms with van der Waals surface area (Å²) in [5.74, 6) is 0.898. The highest BCUT2D eigenvalue weighted by Gasteiger charge is 2.40. The van der Waals surface area contributed by atoms with Crippen molar-refractivity contribution in [3.63, 3.8) is 0 Å². The smallest absolute Gasteiger partial charge is 0.151 e. The van der Waals surface area contributed by atoms with E-state index in [1.54, 1.807) is 12.1 Å². The monoisotopic (exact) mass is 788 g/mol. The van der Waals surface area contributed by atoms with Crippen LogP contribution in [0.3, 0.4) is 0 Å². The number of rotatable bonds is 8. The second-order valence-corrected chi connectivity index (χ2v) is 17.2. The summed E-state index contributed by atoms with van der Waals surface area (Å²) in [6.07, 6.45) is 7.57. The number of imidazole rings is 2. The molecule has 0 saturated carbocycles. The van der Waals surface area contributed by atoms with Crippen LogP contribution in [-0.4, -0.2) is 46.1 Å². The standard InChI is InChI=1S/C49H50F2N8/c50-36-29-35(30-37(51)46(36)58-25-21-49(22-26-58,33-9-3-1-4-10-33)34-11-5-2-6-12-34)59-44(31-15-17-38-42(27-31)56-47(54-38)40-13-7-23-52-40)19-20-45(59)32-16-18-39-43(28-32)57-48(55-39)41-14-8-24-53-41/h1-6,9-12,15-18,27-30,40-41,44-45,52-53H,7-8,13-14,19-26H2,(H,54,56)(H,55,57)/t40-,41-,44+,45+/m0/s1. The van der Waals surface area contributed by atoms with Crippen molar-refractivity contribution in [1.29, 1.82) is 0 Å². The van der Waals surface area contributed by atoms with Gasteiger partial charge in [-0.25, -0.2) is 18.7 Å². The lowest BCUT2D eigenvalue weighted by atomic mass is 9.68. The van der Waals surface area contributed by atoms with Crippen molar-refractivity contribution < 1.29 is 8.78 Å². The lowest BCUT2D eigenvalue weighted by molar-refractivity contribution is 0.387. The van der Waals surface area contributed by atoms with E-state index in [0.717, 1.165) is 109 Å². The van der Waals surface area contributed by atoms with Gasteiger partial charge in [-0.2, -0.15) is 0 Å². The molecule has 59 heavy (non-hydrogen) atoms. The minimum Gasteiger partial charge on any atom is -0.367 e. The zero-order chi connectivity index (χ0) is 39.5. The molecule has 0 aliphatic carbocycles. The minimum absolute atomic E-state index is 0.0645. The Bertz CT molecular complexity index is 2430. The second kappa shape index (κ2) is 14.9. The van der Waals surface area contributed by atoms with Gasteiger partial charge in [-0.15, -0.1) is 0 Å². The highest BCUT2D eigenvalue weighted by molar-refractivity contribution is 5.78. The van der Waals surface area contributed by atoms with Crippen molar-refractivity contribution in [2.75, 3.05) is 36.0 Å². The number of hydrogen-bond donors (Lipinski definition) is 4. The number of nitrogens with one attached hydrogen (secondary N) is 4. The average Bonchev–Trinajstić information content (AvgIpc) is 4.13. The predicted octanol–water partition coefficient (Wildman–Crippen LogP) is 10.2. The molecular weight excluding hydrogens is 739 g/mol. The number of benzene rings is 5. The molecule has 6 heterocycles. The number of hydrogen-bond acceptors (Lipinski definition) is 6. The summed E-state index contributed by atoms with van der Waals surface area (Å²) in [6, 6.07) is 37.5. The molecule has 4 fully saturated rings. The molecule has 5 aromatic carbocycles. The number of aromatic amines is 2. The van der Waals surface area contributed by atoms with E-state index in [2.05, 4.69) is 110 Å². The quantitative estimate of drug-likeness (QED) is 0.123. The molecule has 0 radical (unpaired) electrons. The van der Waals surface area contributed by atoms with Crippen LogP contribution in [-0.2, 0) is 5.41 Å². The maximum absolute atomic E-state index is 16.8. The van der Waals surface area contributed by atoms with Gasteiger partial charge >= 0.3 is 0 Å². The topological polar surface area (TPSA) is 87.9 Å². The van der Waals surface area contributed by atoms with Crippen LogP contribution in [0.2, 0.25) is 0 Å². The highest BCUT2D eigenvalue weighted by atomic mass is 19.1. The third kappa shape index (κ3) is 6.48. The Kier molecular flexibility index (Phi) is 9.22. The van der Waals surface area contributed by atoms with Crippen LogP contribution in [0.1, 0.15) is 109 Å². The van der Waals surface area contributed by atoms with Crippen LogP contribution in [0, 0.1) is 11.6 Å². The summed E-state index contributed by atoms with van der Waals surface area (Å²) in [5.41, 5.74) is 8.92. The minimum atomic E-state index is -0.522. The van der Waals surface area contributed by atoms with Gasteiger partial charge in [0.25, 0.3) is 0 Å². The average molecular weight is 789 g/mol. The predicted molar refractivity (Wildman–Crippen MR) is 231 cm³/mol. The Balaban J connectivity index is 0.941. The van der Waals surface area contributed by atoms with Crippen LogP contribution >= 0.6 is 0 Å². The summed E-state index contributed by atoms with van der Waals surface area (Å²) in [4.78, 5) is 21.2. The van der Waals surface area contributed by atoms with E-state index in [1.165, 1.54) is 11.1 Å². The SMILES string of the molecule is Fc1cc(N2[C@@H](c3ccc4nc([C@@H]5CCCN5)[nH]c4c3)CC[C@@H]2c2ccc3nc([C@@H]4CCCN4)[nH]c3c2)cc(F)c1N1CCC(c2ccccc2)(c2ccccc2)CC1. The van der Waals surface area contributed by atoms with Crippen LogP contribution in [0.25, 0.3) is 22.1 Å². The molecule has 4 aliphatic rings. The molecule has 0 spiro atoms. The first-order valence-electron chi connectivity index (χ1n) is 21.6. The van der Waals surface area contributed by atoms with E-state index in [0.29, 0.717) is 18.8 Å². The van der Waals surface area contributed by atoms with Crippen molar-refractivity contribution in [3.8, 4) is 0 Å². The van der Waals surface area contributed by atoms with Crippen molar-refractivity contribution >= 4 is 33.4 Å². The molecule has 11 rings (SSSR count). The van der Waals surface area contributed by atoms with E-state index in [-0.39, 0.29) is 35.3 Å². The maximum atomic E-state index is 16.8. The Morgan fingerprint density at radius 2 is 1.07 bits per heavy atom. The van der Waals surface area contributed by atoms with Gasteiger partial charge < -0.3 is 30.4 Å². The van der Waals surface area contributed by atoms with E-state index >= 15 is 8.78 Å². The molecule has 10 heteroatoms. The van der Waals surface area contributed by atoms with Crippen LogP contribution < -0.4 is 20.4 Å². The molecule has 4 saturated heterocycles. The first-order valence-corrected chi connectivity index (χ1v) is 21.6. The molecule has 0 unspecified atom stereocenters. The van der Waals surface area contributed by atoms with Gasteiger partial charge in [-0.05, 0) is 123 Å². The molecule has 4 atom stereocenters. The van der Waals surface area contributed by atoms with Crippen molar-refractivity contribution in [1.82, 2.24) is 30.6 Å². The van der Waals surface area contributed by atoms with Crippen LogP contribution in [0.4, 0.5) is 20.2 Å². The third-order valence-electron chi connectivity index (χ3n) is 13.9. The largest absolute Gasteiger partial charge is 0.367 e. The number of piperidine rings is 1. The fraction of sp³-hybridized carbons (Fsp3) is 0.347. The Labute approximate surface area is 343 Å². The fourth-order valence-corrected chi connectivity index (χ4v) is 10.9. The molecule has 2 aromatic heterocycles. The zero-order valence-electron chi connectivity index (χ0n) is 33.2. The molecular formula is C49H50F2N8. The van der Waals surface area contributed by atoms with Gasteiger partial charge in [-0.3, -0.25) is 0 Å². The molecule has 8 nitrogen and oxygen atoms in total. The number of nitrogens with zero attached hydrogens (tertiary/aromatic N) is 4. The first kappa shape index (κ1) is 36.5. The molecule has 0 bridgehead atoms. The lowest BCUT2D eigenvalue weighted by Gasteiger charge is -2.44. The summed E-state index contributed by atoms with van der Waals surface area (Å²) >= 11 is 0. The van der Waals surface area contributed by atoms with Crippen molar-refractivity contribution in [2.45, 2.75) is 80.9 Å². The van der Waals surface area contributed by atoms with E-state index in [9.17, 15) is 0 Å². The van der Waals surface area contributed by atoms with Crippen molar-refractivity contribution in [2.24, 2.45) is 0 Å². The summed E-state index contributed by atoms with van der Waals surface area (Å²) < 4.78 is 33.6. The Morgan fingerprint density at radius 1 is 0.576 bits per heavy atom. The fourth-order valence-electron chi connectivity index (χ4n) is 10.9. The molecule has 4 N–H and O–H groups in total. The highest BCUT2D eigenvalue weighted by Crippen LogP contribution is 2.49. The normalized spacial score (nSPS) is 23.2. The van der Waals surface area contributed by atoms with Gasteiger partial charge in [-0.1, -0.05) is 72.8 Å². The number of aromatic nitrogens is 4. The molecule has 0 amide bonds. The Morgan fingerprint density at radius 3 is 1.53 bits per heavy atom. The number of anilines is 2. The summed E-state index contributed by atoms with van der Waals surface area (Å²) in [7, 11) is 0. The van der Waals surface area contributed by atoms with E-state index in [4.69, 9.17) is 9.97 Å². The number of H-pyrrole nitrogens is 2. The molecule has 300 valence electrons. The third-order valence-corrected chi connectivity index (χ3v) is 13.9. The summed E-state index contributed by atoms with van der Waals surface area (Å²) in [6.45, 7) is 3.08. The zero-order valence-corrected chi connectivity index (χ0v) is 33.2. The Hall–Kier alpha value is -5.58. The first-order chi connectivity index (χ1) is 29.0. The van der Waals surface area contributed by atoms with Crippen LogP contribution in [0.5, 0.6) is 0 Å². The summed E-state index contributed by atoms with van der Waals surface area (Å²) in [5, 5.41) is 7.11. The van der Waals surface area contributed by atoms with Crippen LogP contribution in [0.15, 0.2) is 109 Å². The second-order valence-electron chi connectivity index (χ2n) is 17.2. The van der Waals surface area contributed by atoms with Gasteiger partial charge in [0, 0.05) is 24.2 Å². The van der Waals surface area contributed by atoms with Gasteiger partial charge in [0.05, 0.1) is 46.2 Å². The van der Waals surface area contributed by atoms with Gasteiger partial charge in [0.2, 0.25) is 0 Å². The van der Waals surface area contributed by atoms with Crippen molar-refractivity contribution in [3.05, 3.63) is 155 Å². The van der Waals surface area contributed by atoms with Gasteiger partial charge in [0.1, 0.15) is 17.3 Å². The number of fused-ring (bicyclic) bond motifs is 2. The molecule has 7 aromatic rings. The van der Waals surface area contributed by atoms with Gasteiger partial charge in [0.15, 0.2) is 11.6 Å².